The average molecular weight is 332 g/mol. The fraction of sp³-hybridized carbons (Fsp3) is 0.533. The molecule has 118 valence electrons. The number of nitrogens with two attached hydrogens (primary N) is 1. The molecule has 4 nitrogen and oxygen atoms in total. The smallest absolute Gasteiger partial charge is 0.239 e. The van der Waals surface area contributed by atoms with Gasteiger partial charge in [-0.15, -0.1) is 12.4 Å². The molecule has 2 N–H and O–H groups in total. The van der Waals surface area contributed by atoms with Gasteiger partial charge in [0.25, 0.3) is 0 Å². The fourth-order valence-corrected chi connectivity index (χ4v) is 2.63. The van der Waals surface area contributed by atoms with E-state index in [2.05, 4.69) is 4.90 Å². The fourth-order valence-electron chi connectivity index (χ4n) is 2.37. The summed E-state index contributed by atoms with van der Waals surface area (Å²) in [5.41, 5.74) is 6.97. The lowest BCUT2D eigenvalue weighted by Crippen LogP contribution is -2.54. The van der Waals surface area contributed by atoms with Crippen LogP contribution < -0.4 is 10.6 Å². The maximum atomic E-state index is 12.2. The Kier molecular flexibility index (Phi) is 6.78. The summed E-state index contributed by atoms with van der Waals surface area (Å²) in [5, 5.41) is 0.756. The Morgan fingerprint density at radius 1 is 1.19 bits per heavy atom. The van der Waals surface area contributed by atoms with Crippen molar-refractivity contribution in [2.75, 3.05) is 31.1 Å². The standard InChI is InChI=1S/C15H22ClN3O.ClH/c1-11(2)14(17)15(20)19-9-7-18(8-10-19)13-6-4-3-5-12(13)16;/h3-6,11,14H,7-10,17H2,1-2H3;1H/t14-;/m0./s1. The van der Waals surface area contributed by atoms with Crippen molar-refractivity contribution < 1.29 is 4.79 Å². The molecule has 1 aliphatic heterocycles. The monoisotopic (exact) mass is 331 g/mol. The highest BCUT2D eigenvalue weighted by Gasteiger charge is 2.27. The average Bonchev–Trinajstić information content (AvgIpc) is 2.46. The largest absolute Gasteiger partial charge is 0.367 e. The van der Waals surface area contributed by atoms with E-state index in [1.807, 2.05) is 43.0 Å². The summed E-state index contributed by atoms with van der Waals surface area (Å²) in [7, 11) is 0. The van der Waals surface area contributed by atoms with E-state index in [0.717, 1.165) is 23.8 Å². The Balaban J connectivity index is 0.00000220. The molecule has 1 saturated heterocycles. The second-order valence-electron chi connectivity index (χ2n) is 5.53. The zero-order chi connectivity index (χ0) is 14.7. The second kappa shape index (κ2) is 7.87. The van der Waals surface area contributed by atoms with E-state index in [1.54, 1.807) is 0 Å². The molecule has 0 aliphatic carbocycles. The third kappa shape index (κ3) is 4.25. The molecule has 1 aromatic carbocycles. The number of carbonyl (C=O) groups is 1. The number of hydrogen-bond donors (Lipinski definition) is 1. The SMILES string of the molecule is CC(C)[C@H](N)C(=O)N1CCN(c2ccccc2Cl)CC1.Cl. The van der Waals surface area contributed by atoms with Crippen LogP contribution in [-0.2, 0) is 4.79 Å². The highest BCUT2D eigenvalue weighted by atomic mass is 35.5. The molecule has 0 spiro atoms. The number of piperazine rings is 1. The number of benzene rings is 1. The van der Waals surface area contributed by atoms with Gasteiger partial charge in [-0.2, -0.15) is 0 Å². The van der Waals surface area contributed by atoms with E-state index in [4.69, 9.17) is 17.3 Å². The zero-order valence-corrected chi connectivity index (χ0v) is 14.0. The van der Waals surface area contributed by atoms with Crippen LogP contribution in [0.1, 0.15) is 13.8 Å². The number of hydrogen-bond acceptors (Lipinski definition) is 3. The maximum Gasteiger partial charge on any atom is 0.239 e. The third-order valence-corrected chi connectivity index (χ3v) is 4.11. The van der Waals surface area contributed by atoms with Gasteiger partial charge in [-0.05, 0) is 18.1 Å². The minimum atomic E-state index is -0.401. The van der Waals surface area contributed by atoms with Crippen LogP contribution in [0.25, 0.3) is 0 Å². The molecule has 0 unspecified atom stereocenters. The van der Waals surface area contributed by atoms with Gasteiger partial charge < -0.3 is 15.5 Å². The van der Waals surface area contributed by atoms with Crippen LogP contribution in [0.2, 0.25) is 5.02 Å². The van der Waals surface area contributed by atoms with Gasteiger partial charge >= 0.3 is 0 Å². The van der Waals surface area contributed by atoms with Gasteiger partial charge in [0.1, 0.15) is 0 Å². The van der Waals surface area contributed by atoms with E-state index < -0.39 is 6.04 Å². The van der Waals surface area contributed by atoms with Crippen molar-refractivity contribution in [3.63, 3.8) is 0 Å². The summed E-state index contributed by atoms with van der Waals surface area (Å²) in [6, 6.07) is 7.41. The number of para-hydroxylation sites is 1. The van der Waals surface area contributed by atoms with Gasteiger partial charge in [-0.3, -0.25) is 4.79 Å². The molecule has 0 saturated carbocycles. The summed E-state index contributed by atoms with van der Waals surface area (Å²) in [6.07, 6.45) is 0. The Morgan fingerprint density at radius 2 is 1.76 bits per heavy atom. The second-order valence-corrected chi connectivity index (χ2v) is 5.94. The van der Waals surface area contributed by atoms with E-state index in [1.165, 1.54) is 0 Å². The van der Waals surface area contributed by atoms with Gasteiger partial charge in [0.2, 0.25) is 5.91 Å². The molecule has 1 aliphatic rings. The lowest BCUT2D eigenvalue weighted by atomic mass is 10.0. The first kappa shape index (κ1) is 18.1. The van der Waals surface area contributed by atoms with Gasteiger partial charge in [0.15, 0.2) is 0 Å². The van der Waals surface area contributed by atoms with Crippen LogP contribution in [0.5, 0.6) is 0 Å². The summed E-state index contributed by atoms with van der Waals surface area (Å²) in [6.45, 7) is 6.93. The predicted octanol–water partition coefficient (Wildman–Crippen LogP) is 2.39. The summed E-state index contributed by atoms with van der Waals surface area (Å²) in [4.78, 5) is 16.3. The van der Waals surface area contributed by atoms with Crippen LogP contribution in [0.4, 0.5) is 5.69 Å². The summed E-state index contributed by atoms with van der Waals surface area (Å²) < 4.78 is 0. The predicted molar refractivity (Wildman–Crippen MR) is 90.3 cm³/mol. The summed E-state index contributed by atoms with van der Waals surface area (Å²) >= 11 is 6.21. The molecule has 0 bridgehead atoms. The molecule has 0 aromatic heterocycles. The molecule has 1 atom stereocenters. The highest BCUT2D eigenvalue weighted by molar-refractivity contribution is 6.33. The van der Waals surface area contributed by atoms with Gasteiger partial charge in [0, 0.05) is 26.2 Å². The molecule has 0 radical (unpaired) electrons. The molecular weight excluding hydrogens is 309 g/mol. The highest BCUT2D eigenvalue weighted by Crippen LogP contribution is 2.26. The zero-order valence-electron chi connectivity index (χ0n) is 12.5. The van der Waals surface area contributed by atoms with Crippen molar-refractivity contribution >= 4 is 35.6 Å². The number of carbonyl (C=O) groups excluding carboxylic acids is 1. The summed E-state index contributed by atoms with van der Waals surface area (Å²) in [5.74, 6) is 0.225. The molecule has 6 heteroatoms. The first-order valence-electron chi connectivity index (χ1n) is 7.04. The lowest BCUT2D eigenvalue weighted by Gasteiger charge is -2.37. The number of halogens is 2. The Hall–Kier alpha value is -0.970. The molecular formula is C15H23Cl2N3O. The van der Waals surface area contributed by atoms with E-state index in [-0.39, 0.29) is 24.2 Å². The van der Waals surface area contributed by atoms with Crippen molar-refractivity contribution in [2.24, 2.45) is 11.7 Å². The van der Waals surface area contributed by atoms with E-state index >= 15 is 0 Å². The van der Waals surface area contributed by atoms with Crippen LogP contribution >= 0.6 is 24.0 Å². The van der Waals surface area contributed by atoms with Gasteiger partial charge in [-0.25, -0.2) is 0 Å². The van der Waals surface area contributed by atoms with Crippen molar-refractivity contribution in [1.29, 1.82) is 0 Å². The quantitative estimate of drug-likeness (QED) is 0.925. The van der Waals surface area contributed by atoms with Crippen LogP contribution in [0.3, 0.4) is 0 Å². The van der Waals surface area contributed by atoms with Crippen molar-refractivity contribution in [3.8, 4) is 0 Å². The van der Waals surface area contributed by atoms with Crippen LogP contribution in [-0.4, -0.2) is 43.0 Å². The molecule has 1 heterocycles. The minimum Gasteiger partial charge on any atom is -0.367 e. The lowest BCUT2D eigenvalue weighted by molar-refractivity contribution is -0.133. The van der Waals surface area contributed by atoms with E-state index in [0.29, 0.717) is 13.1 Å². The van der Waals surface area contributed by atoms with Crippen molar-refractivity contribution in [3.05, 3.63) is 29.3 Å². The normalized spacial score (nSPS) is 16.6. The first-order valence-corrected chi connectivity index (χ1v) is 7.42. The number of nitrogens with zero attached hydrogens (tertiary/aromatic N) is 2. The van der Waals surface area contributed by atoms with E-state index in [9.17, 15) is 4.79 Å². The molecule has 1 fully saturated rings. The van der Waals surface area contributed by atoms with Gasteiger partial charge in [0.05, 0.1) is 16.8 Å². The first-order chi connectivity index (χ1) is 9.50. The number of anilines is 1. The Morgan fingerprint density at radius 3 is 2.29 bits per heavy atom. The molecule has 1 amide bonds. The topological polar surface area (TPSA) is 49.6 Å². The molecule has 21 heavy (non-hydrogen) atoms. The molecule has 1 aromatic rings. The van der Waals surface area contributed by atoms with Crippen LogP contribution in [0, 0.1) is 5.92 Å². The molecule has 2 rings (SSSR count). The Labute approximate surface area is 137 Å². The maximum absolute atomic E-state index is 12.2. The van der Waals surface area contributed by atoms with Crippen molar-refractivity contribution in [1.82, 2.24) is 4.90 Å². The van der Waals surface area contributed by atoms with Crippen molar-refractivity contribution in [2.45, 2.75) is 19.9 Å². The van der Waals surface area contributed by atoms with Crippen LogP contribution in [0.15, 0.2) is 24.3 Å². The number of rotatable bonds is 3. The Bertz CT molecular complexity index is 474. The number of amides is 1. The van der Waals surface area contributed by atoms with Gasteiger partial charge in [-0.1, -0.05) is 37.6 Å². The minimum absolute atomic E-state index is 0. The third-order valence-electron chi connectivity index (χ3n) is 3.79.